The van der Waals surface area contributed by atoms with Gasteiger partial charge in [0.15, 0.2) is 10.9 Å². The van der Waals surface area contributed by atoms with Gasteiger partial charge in [-0.2, -0.15) is 9.97 Å². The molecule has 3 N–H and O–H groups in total. The van der Waals surface area contributed by atoms with Crippen molar-refractivity contribution in [3.8, 4) is 17.1 Å². The van der Waals surface area contributed by atoms with Crippen molar-refractivity contribution in [2.45, 2.75) is 75.5 Å². The minimum Gasteiger partial charge on any atom is -0.461 e. The standard InChI is InChI=1S/C34H37F4N7O3S/c35-17-10-34(5-1-7-44(34)11-17)16-48-33-41-28-25(31(42-33)45-18-3-4-19(45)13-43(12-18)6-2-8-46)21-15-47-14-20(21)24(27(28)38)26-22(36)9-23(37)30-29(26)40-32(39)49-30/h9,17-19,46H,1-8,10-16H2,(H2,39,40)/t17-,18?,19?,34+/m1/s1. The predicted molar refractivity (Wildman–Crippen MR) is 177 cm³/mol. The van der Waals surface area contributed by atoms with Gasteiger partial charge in [-0.05, 0) is 49.8 Å². The molecule has 5 aliphatic heterocycles. The number of aromatic nitrogens is 3. The van der Waals surface area contributed by atoms with Crippen molar-refractivity contribution in [2.24, 2.45) is 0 Å². The highest BCUT2D eigenvalue weighted by Crippen LogP contribution is 2.48. The molecule has 0 aliphatic carbocycles. The van der Waals surface area contributed by atoms with Crippen LogP contribution in [0.25, 0.3) is 32.2 Å². The molecule has 7 heterocycles. The number of halogens is 4. The number of aliphatic hydroxyl groups excluding tert-OH is 1. The molecule has 4 saturated heterocycles. The second kappa shape index (κ2) is 11.9. The second-order valence-electron chi connectivity index (χ2n) is 14.1. The van der Waals surface area contributed by atoms with Gasteiger partial charge in [-0.1, -0.05) is 11.3 Å². The number of anilines is 2. The monoisotopic (exact) mass is 699 g/mol. The third kappa shape index (κ3) is 4.98. The van der Waals surface area contributed by atoms with Gasteiger partial charge in [0.05, 0.1) is 34.4 Å². The summed E-state index contributed by atoms with van der Waals surface area (Å²) < 4.78 is 74.9. The van der Waals surface area contributed by atoms with Crippen LogP contribution in [0.2, 0.25) is 0 Å². The minimum absolute atomic E-state index is 0.0116. The van der Waals surface area contributed by atoms with Crippen LogP contribution in [0.1, 0.15) is 49.7 Å². The third-order valence-electron chi connectivity index (χ3n) is 11.3. The lowest BCUT2D eigenvalue weighted by atomic mass is 9.91. The van der Waals surface area contributed by atoms with Gasteiger partial charge in [0, 0.05) is 68.5 Å². The lowest BCUT2D eigenvalue weighted by Gasteiger charge is -2.42. The number of thiazole rings is 1. The van der Waals surface area contributed by atoms with E-state index in [9.17, 15) is 13.9 Å². The minimum atomic E-state index is -0.965. The summed E-state index contributed by atoms with van der Waals surface area (Å²) in [5.41, 5.74) is 6.17. The molecule has 0 spiro atoms. The van der Waals surface area contributed by atoms with Crippen LogP contribution in [0, 0.1) is 17.5 Å². The highest BCUT2D eigenvalue weighted by Gasteiger charge is 2.50. The molecule has 260 valence electrons. The highest BCUT2D eigenvalue weighted by atomic mass is 32.1. The average Bonchev–Trinajstić information content (AvgIpc) is 3.89. The van der Waals surface area contributed by atoms with Crippen LogP contribution in [0.4, 0.5) is 28.5 Å². The second-order valence-corrected chi connectivity index (χ2v) is 15.2. The molecule has 2 aromatic carbocycles. The topological polar surface area (TPSA) is 113 Å². The smallest absolute Gasteiger partial charge is 0.319 e. The summed E-state index contributed by atoms with van der Waals surface area (Å²) in [7, 11) is 0. The zero-order valence-corrected chi connectivity index (χ0v) is 27.7. The first kappa shape index (κ1) is 31.6. The van der Waals surface area contributed by atoms with Gasteiger partial charge < -0.3 is 25.2 Å². The summed E-state index contributed by atoms with van der Waals surface area (Å²) >= 11 is 0.871. The lowest BCUT2D eigenvalue weighted by Crippen LogP contribution is -2.54. The number of piperazine rings is 1. The van der Waals surface area contributed by atoms with Crippen molar-refractivity contribution in [1.82, 2.24) is 24.8 Å². The van der Waals surface area contributed by atoms with Crippen LogP contribution in [-0.4, -0.2) is 99.6 Å². The Kier molecular flexibility index (Phi) is 7.65. The van der Waals surface area contributed by atoms with Crippen LogP contribution in [0.5, 0.6) is 6.01 Å². The summed E-state index contributed by atoms with van der Waals surface area (Å²) in [4.78, 5) is 20.6. The number of nitrogen functional groups attached to an aromatic ring is 1. The van der Waals surface area contributed by atoms with Crippen molar-refractivity contribution < 1.29 is 32.1 Å². The van der Waals surface area contributed by atoms with Gasteiger partial charge in [0.1, 0.15) is 35.7 Å². The number of nitrogens with zero attached hydrogens (tertiary/aromatic N) is 6. The van der Waals surface area contributed by atoms with E-state index in [2.05, 4.69) is 24.7 Å². The first-order valence-electron chi connectivity index (χ1n) is 17.0. The molecule has 4 atom stereocenters. The molecule has 0 saturated carbocycles. The van der Waals surface area contributed by atoms with E-state index in [1.54, 1.807) is 0 Å². The molecule has 10 nitrogen and oxygen atoms in total. The number of nitrogens with two attached hydrogens (primary N) is 1. The van der Waals surface area contributed by atoms with E-state index in [1.165, 1.54) is 0 Å². The average molecular weight is 700 g/mol. The molecule has 0 radical (unpaired) electrons. The van der Waals surface area contributed by atoms with Crippen LogP contribution in [0.3, 0.4) is 0 Å². The zero-order valence-electron chi connectivity index (χ0n) is 26.9. The van der Waals surface area contributed by atoms with Crippen molar-refractivity contribution >= 4 is 43.4 Å². The number of aliphatic hydroxyl groups is 1. The fraction of sp³-hybridized carbons (Fsp3) is 0.559. The Morgan fingerprint density at radius 1 is 1.02 bits per heavy atom. The van der Waals surface area contributed by atoms with E-state index in [0.717, 1.165) is 69.3 Å². The van der Waals surface area contributed by atoms with Gasteiger partial charge in [-0.15, -0.1) is 0 Å². The Hall–Kier alpha value is -3.37. The Balaban J connectivity index is 1.23. The first-order valence-corrected chi connectivity index (χ1v) is 17.9. The van der Waals surface area contributed by atoms with Gasteiger partial charge in [-0.25, -0.2) is 22.5 Å². The summed E-state index contributed by atoms with van der Waals surface area (Å²) in [6, 6.07) is 0.880. The van der Waals surface area contributed by atoms with Crippen molar-refractivity contribution in [3.05, 3.63) is 34.6 Å². The quantitative estimate of drug-likeness (QED) is 0.246. The Bertz CT molecular complexity index is 1970. The largest absolute Gasteiger partial charge is 0.461 e. The number of likely N-dealkylation sites (tertiary alicyclic amines) is 1. The number of rotatable bonds is 8. The third-order valence-corrected chi connectivity index (χ3v) is 12.2. The summed E-state index contributed by atoms with van der Waals surface area (Å²) in [5.74, 6) is -2.05. The van der Waals surface area contributed by atoms with Gasteiger partial charge >= 0.3 is 6.01 Å². The zero-order chi connectivity index (χ0) is 33.6. The number of hydrogen-bond acceptors (Lipinski definition) is 11. The predicted octanol–water partition coefficient (Wildman–Crippen LogP) is 4.93. The maximum Gasteiger partial charge on any atom is 0.319 e. The first-order chi connectivity index (χ1) is 23.7. The fourth-order valence-corrected chi connectivity index (χ4v) is 9.98. The lowest BCUT2D eigenvalue weighted by molar-refractivity contribution is 0.107. The van der Waals surface area contributed by atoms with Gasteiger partial charge in [0.2, 0.25) is 0 Å². The molecule has 5 aliphatic rings. The number of benzene rings is 2. The van der Waals surface area contributed by atoms with Crippen LogP contribution >= 0.6 is 11.3 Å². The molecule has 49 heavy (non-hydrogen) atoms. The molecule has 4 fully saturated rings. The fourth-order valence-electron chi connectivity index (χ4n) is 9.23. The molecule has 2 aromatic heterocycles. The normalized spacial score (nSPS) is 26.8. The number of hydrogen-bond donors (Lipinski definition) is 2. The summed E-state index contributed by atoms with van der Waals surface area (Å²) in [5, 5.41) is 9.97. The molecule has 2 bridgehead atoms. The highest BCUT2D eigenvalue weighted by molar-refractivity contribution is 7.22. The van der Waals surface area contributed by atoms with Crippen LogP contribution in [-0.2, 0) is 18.0 Å². The summed E-state index contributed by atoms with van der Waals surface area (Å²) in [6.45, 7) is 3.88. The molecular weight excluding hydrogens is 662 g/mol. The van der Waals surface area contributed by atoms with Gasteiger partial charge in [-0.3, -0.25) is 9.80 Å². The van der Waals surface area contributed by atoms with E-state index in [-0.39, 0.29) is 76.5 Å². The number of fused-ring (bicyclic) bond motifs is 7. The Labute approximate surface area is 283 Å². The molecule has 2 unspecified atom stereocenters. The molecular formula is C34H37F4N7O3S. The molecule has 0 amide bonds. The molecule has 4 aromatic rings. The molecule has 9 rings (SSSR count). The molecule has 15 heteroatoms. The van der Waals surface area contributed by atoms with Crippen molar-refractivity contribution in [1.29, 1.82) is 0 Å². The van der Waals surface area contributed by atoms with Crippen LogP contribution in [0.15, 0.2) is 6.07 Å². The SMILES string of the molecule is Nc1nc2c(-c3c4c(c5c(N6C7CCC6CN(CCCO)C7)nc(OC[C@@]67CCCN6C[C@H](F)C7)nc5c3F)COC4)c(F)cc(F)c2s1. The Morgan fingerprint density at radius 2 is 1.82 bits per heavy atom. The Morgan fingerprint density at radius 3 is 2.61 bits per heavy atom. The summed E-state index contributed by atoms with van der Waals surface area (Å²) in [6.07, 6.45) is 3.65. The number of ether oxygens (including phenoxy) is 2. The maximum atomic E-state index is 17.3. The maximum absolute atomic E-state index is 17.3. The van der Waals surface area contributed by atoms with Gasteiger partial charge in [0.25, 0.3) is 0 Å². The van der Waals surface area contributed by atoms with Crippen molar-refractivity contribution in [3.63, 3.8) is 0 Å². The van der Waals surface area contributed by atoms with E-state index in [0.29, 0.717) is 41.7 Å². The van der Waals surface area contributed by atoms with Crippen molar-refractivity contribution in [2.75, 3.05) is 56.6 Å². The van der Waals surface area contributed by atoms with E-state index in [1.807, 2.05) is 0 Å². The number of alkyl halides is 1. The van der Waals surface area contributed by atoms with E-state index in [4.69, 9.17) is 20.2 Å². The van der Waals surface area contributed by atoms with Crippen LogP contribution < -0.4 is 15.4 Å². The van der Waals surface area contributed by atoms with E-state index < -0.39 is 29.2 Å². The van der Waals surface area contributed by atoms with E-state index >= 15 is 8.78 Å².